The van der Waals surface area contributed by atoms with Crippen molar-refractivity contribution in [2.45, 2.75) is 13.3 Å². The highest BCUT2D eigenvalue weighted by atomic mass is 79.9. The summed E-state index contributed by atoms with van der Waals surface area (Å²) >= 11 is 3.40. The minimum atomic E-state index is -0.541. The average molecular weight is 469 g/mol. The third-order valence-electron chi connectivity index (χ3n) is 4.22. The first kappa shape index (κ1) is 21.6. The van der Waals surface area contributed by atoms with E-state index in [1.165, 1.54) is 0 Å². The monoisotopic (exact) mass is 468 g/mol. The van der Waals surface area contributed by atoms with Crippen LogP contribution in [0.3, 0.4) is 0 Å². The molecule has 0 unspecified atom stereocenters. The van der Waals surface area contributed by atoms with Crippen LogP contribution in [0.2, 0.25) is 0 Å². The Morgan fingerprint density at radius 3 is 2.37 bits per heavy atom. The standard InChI is InChI=1S/C24H21BrO5/c1-17-7-12-22(21(25)15-17)29-16-23(26)30-20-10-8-19(9-11-20)24(27)28-14-13-18-5-3-2-4-6-18/h2-12,15H,13-14,16H2,1H3. The molecule has 0 amide bonds. The summed E-state index contributed by atoms with van der Waals surface area (Å²) in [6.07, 6.45) is 0.652. The largest absolute Gasteiger partial charge is 0.481 e. The highest BCUT2D eigenvalue weighted by molar-refractivity contribution is 9.10. The van der Waals surface area contributed by atoms with Crippen LogP contribution in [0, 0.1) is 6.92 Å². The quantitative estimate of drug-likeness (QED) is 0.338. The number of hydrogen-bond donors (Lipinski definition) is 0. The molecule has 0 saturated heterocycles. The minimum absolute atomic E-state index is 0.231. The van der Waals surface area contributed by atoms with E-state index in [-0.39, 0.29) is 6.61 Å². The Morgan fingerprint density at radius 2 is 1.67 bits per heavy atom. The summed E-state index contributed by atoms with van der Waals surface area (Å²) in [5, 5.41) is 0. The summed E-state index contributed by atoms with van der Waals surface area (Å²) in [7, 11) is 0. The Labute approximate surface area is 183 Å². The lowest BCUT2D eigenvalue weighted by Crippen LogP contribution is -2.18. The van der Waals surface area contributed by atoms with E-state index >= 15 is 0 Å². The van der Waals surface area contributed by atoms with Gasteiger partial charge in [0.15, 0.2) is 6.61 Å². The van der Waals surface area contributed by atoms with E-state index < -0.39 is 11.9 Å². The molecule has 0 fully saturated rings. The van der Waals surface area contributed by atoms with Crippen LogP contribution in [0.4, 0.5) is 0 Å². The maximum atomic E-state index is 12.1. The molecule has 0 N–H and O–H groups in total. The average Bonchev–Trinajstić information content (AvgIpc) is 2.74. The molecule has 0 aromatic heterocycles. The molecule has 5 nitrogen and oxygen atoms in total. The number of hydrogen-bond acceptors (Lipinski definition) is 5. The van der Waals surface area contributed by atoms with E-state index in [0.29, 0.717) is 30.1 Å². The van der Waals surface area contributed by atoms with E-state index in [9.17, 15) is 9.59 Å². The summed E-state index contributed by atoms with van der Waals surface area (Å²) in [5.41, 5.74) is 2.57. The van der Waals surface area contributed by atoms with Crippen molar-refractivity contribution in [1.29, 1.82) is 0 Å². The van der Waals surface area contributed by atoms with Crippen molar-refractivity contribution in [3.8, 4) is 11.5 Å². The van der Waals surface area contributed by atoms with Gasteiger partial charge in [0.1, 0.15) is 11.5 Å². The van der Waals surface area contributed by atoms with Gasteiger partial charge in [-0.2, -0.15) is 0 Å². The first-order chi connectivity index (χ1) is 14.5. The van der Waals surface area contributed by atoms with E-state index in [0.717, 1.165) is 15.6 Å². The summed E-state index contributed by atoms with van der Waals surface area (Å²) in [6.45, 7) is 2.03. The van der Waals surface area contributed by atoms with Gasteiger partial charge in [-0.25, -0.2) is 9.59 Å². The van der Waals surface area contributed by atoms with Gasteiger partial charge in [0, 0.05) is 6.42 Å². The number of carbonyl (C=O) groups excluding carboxylic acids is 2. The number of aryl methyl sites for hydroxylation is 1. The molecular formula is C24H21BrO5. The molecule has 0 bridgehead atoms. The van der Waals surface area contributed by atoms with Crippen LogP contribution in [0.15, 0.2) is 77.3 Å². The Balaban J connectivity index is 1.45. The van der Waals surface area contributed by atoms with Crippen LogP contribution in [0.1, 0.15) is 21.5 Å². The van der Waals surface area contributed by atoms with Crippen molar-refractivity contribution >= 4 is 27.9 Å². The number of carbonyl (C=O) groups is 2. The third-order valence-corrected chi connectivity index (χ3v) is 4.84. The fraction of sp³-hybridized carbons (Fsp3) is 0.167. The van der Waals surface area contributed by atoms with Crippen LogP contribution in [0.25, 0.3) is 0 Å². The Bertz CT molecular complexity index is 1000. The lowest BCUT2D eigenvalue weighted by molar-refractivity contribution is -0.136. The lowest BCUT2D eigenvalue weighted by atomic mass is 10.2. The molecule has 0 aliphatic carbocycles. The van der Waals surface area contributed by atoms with Gasteiger partial charge >= 0.3 is 11.9 Å². The molecule has 30 heavy (non-hydrogen) atoms. The van der Waals surface area contributed by atoms with Gasteiger partial charge in [-0.3, -0.25) is 0 Å². The first-order valence-electron chi connectivity index (χ1n) is 9.42. The predicted molar refractivity (Wildman–Crippen MR) is 117 cm³/mol. The highest BCUT2D eigenvalue weighted by Crippen LogP contribution is 2.25. The molecule has 0 saturated carbocycles. The molecule has 3 rings (SSSR count). The highest BCUT2D eigenvalue weighted by Gasteiger charge is 2.11. The normalized spacial score (nSPS) is 10.3. The predicted octanol–water partition coefficient (Wildman–Crippen LogP) is 5.14. The number of esters is 2. The summed E-state index contributed by atoms with van der Waals surface area (Å²) in [4.78, 5) is 24.1. The fourth-order valence-electron chi connectivity index (χ4n) is 2.67. The Hall–Kier alpha value is -3.12. The first-order valence-corrected chi connectivity index (χ1v) is 10.2. The van der Waals surface area contributed by atoms with Crippen LogP contribution in [-0.2, 0) is 16.0 Å². The van der Waals surface area contributed by atoms with Gasteiger partial charge in [-0.15, -0.1) is 0 Å². The molecule has 154 valence electrons. The fourth-order valence-corrected chi connectivity index (χ4v) is 3.28. The van der Waals surface area contributed by atoms with E-state index in [4.69, 9.17) is 14.2 Å². The molecular weight excluding hydrogens is 448 g/mol. The summed E-state index contributed by atoms with van der Waals surface area (Å²) < 4.78 is 16.8. The van der Waals surface area contributed by atoms with Crippen LogP contribution >= 0.6 is 15.9 Å². The van der Waals surface area contributed by atoms with Crippen molar-refractivity contribution < 1.29 is 23.8 Å². The Kier molecular flexibility index (Phi) is 7.63. The van der Waals surface area contributed by atoms with E-state index in [1.54, 1.807) is 30.3 Å². The Morgan fingerprint density at radius 1 is 0.933 bits per heavy atom. The second kappa shape index (κ2) is 10.6. The minimum Gasteiger partial charge on any atom is -0.481 e. The molecule has 0 aliphatic heterocycles. The topological polar surface area (TPSA) is 61.8 Å². The molecule has 3 aromatic rings. The van der Waals surface area contributed by atoms with Crippen LogP contribution in [0.5, 0.6) is 11.5 Å². The molecule has 0 spiro atoms. The van der Waals surface area contributed by atoms with E-state index in [2.05, 4.69) is 15.9 Å². The number of halogens is 1. The molecule has 0 heterocycles. The zero-order chi connectivity index (χ0) is 21.3. The summed E-state index contributed by atoms with van der Waals surface area (Å²) in [6, 6.07) is 21.6. The van der Waals surface area contributed by atoms with Gasteiger partial charge in [0.05, 0.1) is 16.6 Å². The molecule has 0 radical (unpaired) electrons. The maximum Gasteiger partial charge on any atom is 0.349 e. The van der Waals surface area contributed by atoms with Gasteiger partial charge < -0.3 is 14.2 Å². The maximum absolute atomic E-state index is 12.1. The van der Waals surface area contributed by atoms with Crippen LogP contribution in [-0.4, -0.2) is 25.2 Å². The number of ether oxygens (including phenoxy) is 3. The van der Waals surface area contributed by atoms with Crippen molar-refractivity contribution in [3.05, 3.63) is 94.0 Å². The van der Waals surface area contributed by atoms with Crippen molar-refractivity contribution in [2.24, 2.45) is 0 Å². The number of benzene rings is 3. The zero-order valence-electron chi connectivity index (χ0n) is 16.5. The molecule has 0 aliphatic rings. The van der Waals surface area contributed by atoms with Gasteiger partial charge in [-0.1, -0.05) is 36.4 Å². The smallest absolute Gasteiger partial charge is 0.349 e. The molecule has 6 heteroatoms. The number of rotatable bonds is 8. The zero-order valence-corrected chi connectivity index (χ0v) is 18.1. The van der Waals surface area contributed by atoms with Gasteiger partial charge in [-0.05, 0) is 70.4 Å². The SMILES string of the molecule is Cc1ccc(OCC(=O)Oc2ccc(C(=O)OCCc3ccccc3)cc2)c(Br)c1. The van der Waals surface area contributed by atoms with Crippen molar-refractivity contribution in [1.82, 2.24) is 0 Å². The lowest BCUT2D eigenvalue weighted by Gasteiger charge is -2.09. The van der Waals surface area contributed by atoms with Crippen molar-refractivity contribution in [2.75, 3.05) is 13.2 Å². The second-order valence-electron chi connectivity index (χ2n) is 6.59. The van der Waals surface area contributed by atoms with Crippen molar-refractivity contribution in [3.63, 3.8) is 0 Å². The van der Waals surface area contributed by atoms with Gasteiger partial charge in [0.2, 0.25) is 0 Å². The van der Waals surface area contributed by atoms with Crippen LogP contribution < -0.4 is 9.47 Å². The third kappa shape index (κ3) is 6.46. The summed E-state index contributed by atoms with van der Waals surface area (Å²) in [5.74, 6) is -0.0735. The molecule has 0 atom stereocenters. The van der Waals surface area contributed by atoms with Gasteiger partial charge in [0.25, 0.3) is 0 Å². The molecule has 3 aromatic carbocycles. The van der Waals surface area contributed by atoms with E-state index in [1.807, 2.05) is 49.4 Å². The second-order valence-corrected chi connectivity index (χ2v) is 7.45.